The van der Waals surface area contributed by atoms with Gasteiger partial charge in [0.1, 0.15) is 10.7 Å². The third-order valence-corrected chi connectivity index (χ3v) is 6.72. The SMILES string of the molecule is Cc1c(C(N)=O)cc(-c2csc(-c3ccc(-c4csnn4)cc3)n2)n1CC1CC1. The molecule has 0 atom stereocenters. The van der Waals surface area contributed by atoms with E-state index in [1.54, 1.807) is 11.3 Å². The molecule has 4 aromatic rings. The lowest BCUT2D eigenvalue weighted by Gasteiger charge is -2.09. The van der Waals surface area contributed by atoms with E-state index in [1.807, 2.05) is 30.5 Å². The number of carbonyl (C=O) groups excluding carboxylic acids is 1. The normalized spacial score (nSPS) is 13.7. The average molecular weight is 422 g/mol. The molecule has 5 rings (SSSR count). The average Bonchev–Trinajstić information content (AvgIpc) is 3.13. The van der Waals surface area contributed by atoms with Gasteiger partial charge in [-0.15, -0.1) is 16.4 Å². The molecule has 1 aromatic carbocycles. The first kappa shape index (κ1) is 18.2. The summed E-state index contributed by atoms with van der Waals surface area (Å²) < 4.78 is 6.12. The number of nitrogens with zero attached hydrogens (tertiary/aromatic N) is 4. The Labute approximate surface area is 176 Å². The fourth-order valence-electron chi connectivity index (χ4n) is 3.50. The van der Waals surface area contributed by atoms with Crippen molar-refractivity contribution in [2.75, 3.05) is 0 Å². The van der Waals surface area contributed by atoms with E-state index in [2.05, 4.69) is 31.7 Å². The second kappa shape index (κ2) is 7.20. The van der Waals surface area contributed by atoms with Gasteiger partial charge in [0.2, 0.25) is 0 Å². The summed E-state index contributed by atoms with van der Waals surface area (Å²) in [6, 6.07) is 10.1. The van der Waals surface area contributed by atoms with Gasteiger partial charge >= 0.3 is 0 Å². The van der Waals surface area contributed by atoms with Gasteiger partial charge in [-0.2, -0.15) is 0 Å². The van der Waals surface area contributed by atoms with E-state index >= 15 is 0 Å². The highest BCUT2D eigenvalue weighted by atomic mass is 32.1. The Morgan fingerprint density at radius 2 is 1.93 bits per heavy atom. The van der Waals surface area contributed by atoms with Crippen LogP contribution in [0, 0.1) is 12.8 Å². The number of rotatable bonds is 6. The van der Waals surface area contributed by atoms with Crippen LogP contribution >= 0.6 is 22.9 Å². The molecule has 0 bridgehead atoms. The zero-order valence-corrected chi connectivity index (χ0v) is 17.5. The van der Waals surface area contributed by atoms with E-state index in [1.165, 1.54) is 24.4 Å². The van der Waals surface area contributed by atoms with Crippen molar-refractivity contribution >= 4 is 28.8 Å². The Bertz CT molecular complexity index is 1170. The zero-order chi connectivity index (χ0) is 20.0. The molecule has 3 heterocycles. The van der Waals surface area contributed by atoms with Gasteiger partial charge in [0.05, 0.1) is 17.0 Å². The summed E-state index contributed by atoms with van der Waals surface area (Å²) >= 11 is 2.95. The van der Waals surface area contributed by atoms with Gasteiger partial charge in [-0.05, 0) is 43.3 Å². The van der Waals surface area contributed by atoms with Gasteiger partial charge in [0.15, 0.2) is 0 Å². The third-order valence-electron chi connectivity index (χ3n) is 5.32. The molecule has 1 aliphatic rings. The molecule has 1 amide bonds. The molecule has 0 radical (unpaired) electrons. The maximum atomic E-state index is 11.9. The van der Waals surface area contributed by atoms with Crippen LogP contribution in [0.1, 0.15) is 28.9 Å². The predicted octanol–water partition coefficient (Wildman–Crippen LogP) is 4.61. The van der Waals surface area contributed by atoms with Crippen LogP contribution in [0.25, 0.3) is 33.2 Å². The lowest BCUT2D eigenvalue weighted by atomic mass is 10.1. The third kappa shape index (κ3) is 3.49. The van der Waals surface area contributed by atoms with Gasteiger partial charge in [-0.1, -0.05) is 28.8 Å². The van der Waals surface area contributed by atoms with Crippen LogP contribution in [-0.4, -0.2) is 25.0 Å². The summed E-state index contributed by atoms with van der Waals surface area (Å²) in [6.07, 6.45) is 2.48. The summed E-state index contributed by atoms with van der Waals surface area (Å²) in [7, 11) is 0. The molecule has 0 unspecified atom stereocenters. The van der Waals surface area contributed by atoms with Crippen molar-refractivity contribution in [2.24, 2.45) is 11.7 Å². The smallest absolute Gasteiger partial charge is 0.250 e. The number of amides is 1. The van der Waals surface area contributed by atoms with Crippen molar-refractivity contribution in [1.82, 2.24) is 19.1 Å². The molecular formula is C21H19N5OS2. The van der Waals surface area contributed by atoms with Crippen molar-refractivity contribution < 1.29 is 4.79 Å². The number of aromatic nitrogens is 4. The van der Waals surface area contributed by atoms with Crippen molar-refractivity contribution in [3.8, 4) is 33.2 Å². The second-order valence-electron chi connectivity index (χ2n) is 7.35. The number of nitrogens with two attached hydrogens (primary N) is 1. The molecule has 8 heteroatoms. The molecule has 0 aliphatic heterocycles. The Morgan fingerprint density at radius 3 is 2.59 bits per heavy atom. The predicted molar refractivity (Wildman–Crippen MR) is 116 cm³/mol. The zero-order valence-electron chi connectivity index (χ0n) is 15.8. The largest absolute Gasteiger partial charge is 0.366 e. The van der Waals surface area contributed by atoms with Crippen LogP contribution in [0.2, 0.25) is 0 Å². The summed E-state index contributed by atoms with van der Waals surface area (Å²) in [4.78, 5) is 16.7. The molecule has 0 spiro atoms. The van der Waals surface area contributed by atoms with E-state index in [0.29, 0.717) is 11.5 Å². The number of benzene rings is 1. The molecule has 2 N–H and O–H groups in total. The van der Waals surface area contributed by atoms with Crippen LogP contribution < -0.4 is 5.73 Å². The lowest BCUT2D eigenvalue weighted by Crippen LogP contribution is -2.12. The molecule has 6 nitrogen and oxygen atoms in total. The molecule has 1 fully saturated rings. The van der Waals surface area contributed by atoms with Gasteiger partial charge in [0.25, 0.3) is 5.91 Å². The lowest BCUT2D eigenvalue weighted by molar-refractivity contribution is 0.0999. The van der Waals surface area contributed by atoms with Crippen molar-refractivity contribution in [3.05, 3.63) is 52.3 Å². The quantitative estimate of drug-likeness (QED) is 0.492. The van der Waals surface area contributed by atoms with Crippen LogP contribution in [0.5, 0.6) is 0 Å². The van der Waals surface area contributed by atoms with Crippen molar-refractivity contribution in [3.63, 3.8) is 0 Å². The Kier molecular flexibility index (Phi) is 4.52. The van der Waals surface area contributed by atoms with E-state index in [9.17, 15) is 4.79 Å². The second-order valence-corrected chi connectivity index (χ2v) is 8.82. The first-order valence-corrected chi connectivity index (χ1v) is 11.2. The van der Waals surface area contributed by atoms with E-state index in [4.69, 9.17) is 10.7 Å². The van der Waals surface area contributed by atoms with Gasteiger partial charge < -0.3 is 10.3 Å². The molecule has 3 aromatic heterocycles. The topological polar surface area (TPSA) is 86.7 Å². The first-order chi connectivity index (χ1) is 14.1. The van der Waals surface area contributed by atoms with Crippen LogP contribution in [0.3, 0.4) is 0 Å². The highest BCUT2D eigenvalue weighted by Crippen LogP contribution is 2.36. The maximum absolute atomic E-state index is 11.9. The van der Waals surface area contributed by atoms with Crippen LogP contribution in [0.15, 0.2) is 41.1 Å². The molecule has 1 aliphatic carbocycles. The highest BCUT2D eigenvalue weighted by molar-refractivity contribution is 7.13. The fourth-order valence-corrected chi connectivity index (χ4v) is 4.78. The molecular weight excluding hydrogens is 402 g/mol. The number of primary amides is 1. The van der Waals surface area contributed by atoms with Crippen molar-refractivity contribution in [2.45, 2.75) is 26.3 Å². The summed E-state index contributed by atoms with van der Waals surface area (Å²) in [5.41, 5.74) is 11.9. The van der Waals surface area contributed by atoms with Crippen LogP contribution in [-0.2, 0) is 6.54 Å². The monoisotopic (exact) mass is 421 g/mol. The number of hydrogen-bond acceptors (Lipinski definition) is 6. The van der Waals surface area contributed by atoms with Gasteiger partial charge in [0, 0.05) is 34.1 Å². The number of carbonyl (C=O) groups is 1. The summed E-state index contributed by atoms with van der Waals surface area (Å²) in [5.74, 6) is 0.298. The minimum Gasteiger partial charge on any atom is -0.366 e. The minimum absolute atomic E-state index is 0.388. The fraction of sp³-hybridized carbons (Fsp3) is 0.238. The highest BCUT2D eigenvalue weighted by Gasteiger charge is 2.26. The summed E-state index contributed by atoms with van der Waals surface area (Å²) in [6.45, 7) is 2.88. The summed E-state index contributed by atoms with van der Waals surface area (Å²) in [5, 5.41) is 9.04. The molecule has 0 saturated heterocycles. The van der Waals surface area contributed by atoms with Crippen molar-refractivity contribution in [1.29, 1.82) is 0 Å². The van der Waals surface area contributed by atoms with E-state index < -0.39 is 0 Å². The number of hydrogen-bond donors (Lipinski definition) is 1. The number of thiazole rings is 1. The maximum Gasteiger partial charge on any atom is 0.250 e. The van der Waals surface area contributed by atoms with E-state index in [-0.39, 0.29) is 5.91 Å². The van der Waals surface area contributed by atoms with Gasteiger partial charge in [-0.25, -0.2) is 4.98 Å². The molecule has 1 saturated carbocycles. The molecule has 146 valence electrons. The minimum atomic E-state index is -0.388. The first-order valence-electron chi connectivity index (χ1n) is 9.44. The molecule has 29 heavy (non-hydrogen) atoms. The Balaban J connectivity index is 1.48. The standard InChI is InChI=1S/C21H19N5OS2/c1-12-16(20(22)27)8-19(26(12)9-13-2-3-13)18-10-28-21(23-18)15-6-4-14(5-7-15)17-11-29-25-24-17/h4-8,10-11,13H,2-3,9H2,1H3,(H2,22,27). The van der Waals surface area contributed by atoms with Gasteiger partial charge in [-0.3, -0.25) is 4.79 Å². The Hall–Kier alpha value is -2.84. The van der Waals surface area contributed by atoms with Crippen LogP contribution in [0.4, 0.5) is 0 Å². The van der Waals surface area contributed by atoms with E-state index in [0.717, 1.165) is 45.5 Å². The Morgan fingerprint density at radius 1 is 1.17 bits per heavy atom.